The van der Waals surface area contributed by atoms with Crippen LogP contribution in [0.2, 0.25) is 0 Å². The molecule has 50 valence electrons. The quantitative estimate of drug-likeness (QED) is 0.411. The van der Waals surface area contributed by atoms with Crippen molar-refractivity contribution in [3.8, 4) is 0 Å². The smallest absolute Gasteiger partial charge is 0.310 e. The van der Waals surface area contributed by atoms with Crippen LogP contribution in [0.5, 0.6) is 0 Å². The van der Waals surface area contributed by atoms with Gasteiger partial charge in [0.25, 0.3) is 0 Å². The topological polar surface area (TPSA) is 26.3 Å². The van der Waals surface area contributed by atoms with Gasteiger partial charge in [-0.2, -0.15) is 0 Å². The van der Waals surface area contributed by atoms with Crippen molar-refractivity contribution in [3.63, 3.8) is 0 Å². The zero-order chi connectivity index (χ0) is 7.28. The lowest BCUT2D eigenvalue weighted by Crippen LogP contribution is -1.99. The molecule has 0 saturated heterocycles. The van der Waals surface area contributed by atoms with Crippen LogP contribution in [0.15, 0.2) is 17.9 Å². The number of methoxy groups -OCH3 is 1. The van der Waals surface area contributed by atoms with E-state index in [0.717, 1.165) is 5.57 Å². The summed E-state index contributed by atoms with van der Waals surface area (Å²) in [5, 5.41) is 0. The Morgan fingerprint density at radius 3 is 2.67 bits per heavy atom. The van der Waals surface area contributed by atoms with E-state index in [1.54, 1.807) is 6.92 Å². The van der Waals surface area contributed by atoms with Crippen LogP contribution in [0.1, 0.15) is 13.3 Å². The minimum Gasteiger partial charge on any atom is -0.469 e. The van der Waals surface area contributed by atoms with Gasteiger partial charge in [-0.15, -0.1) is 5.73 Å². The van der Waals surface area contributed by atoms with E-state index in [9.17, 15) is 4.79 Å². The van der Waals surface area contributed by atoms with Crippen LogP contribution in [0, 0.1) is 0 Å². The van der Waals surface area contributed by atoms with Crippen LogP contribution in [0.4, 0.5) is 0 Å². The zero-order valence-electron chi connectivity index (χ0n) is 5.73. The molecule has 0 saturated carbocycles. The summed E-state index contributed by atoms with van der Waals surface area (Å²) in [6, 6.07) is 0. The maximum Gasteiger partial charge on any atom is 0.310 e. The largest absolute Gasteiger partial charge is 0.469 e. The first-order valence-corrected chi connectivity index (χ1v) is 2.63. The van der Waals surface area contributed by atoms with E-state index in [4.69, 9.17) is 0 Å². The molecule has 0 atom stereocenters. The van der Waals surface area contributed by atoms with Crippen molar-refractivity contribution in [2.24, 2.45) is 0 Å². The van der Waals surface area contributed by atoms with E-state index in [-0.39, 0.29) is 5.97 Å². The number of ether oxygens (including phenoxy) is 1. The Kier molecular flexibility index (Phi) is 3.49. The van der Waals surface area contributed by atoms with Gasteiger partial charge in [-0.25, -0.2) is 0 Å². The van der Waals surface area contributed by atoms with Crippen LogP contribution in [0.25, 0.3) is 0 Å². The standard InChI is InChI=1S/C7H10O2/c1-4-6(2)5-7(8)9-3/h1,5H2,2-3H3. The molecule has 0 aromatic carbocycles. The Bertz CT molecular complexity index is 152. The highest BCUT2D eigenvalue weighted by molar-refractivity contribution is 5.71. The second-order valence-electron chi connectivity index (χ2n) is 1.71. The predicted octanol–water partition coefficient (Wildman–Crippen LogP) is 1.28. The van der Waals surface area contributed by atoms with E-state index in [1.165, 1.54) is 7.11 Å². The molecule has 0 rings (SSSR count). The van der Waals surface area contributed by atoms with Crippen LogP contribution in [-0.2, 0) is 9.53 Å². The molecule has 0 aliphatic rings. The molecule has 0 amide bonds. The van der Waals surface area contributed by atoms with Crippen LogP contribution in [-0.4, -0.2) is 13.1 Å². The summed E-state index contributed by atoms with van der Waals surface area (Å²) in [6.07, 6.45) is 0.292. The number of carbonyl (C=O) groups excluding carboxylic acids is 1. The first-order chi connectivity index (χ1) is 4.20. The summed E-state index contributed by atoms with van der Waals surface area (Å²) in [5.74, 6) is -0.247. The number of carbonyl (C=O) groups is 1. The molecule has 0 radical (unpaired) electrons. The van der Waals surface area contributed by atoms with Gasteiger partial charge in [0.1, 0.15) is 0 Å². The third-order valence-corrected chi connectivity index (χ3v) is 0.939. The highest BCUT2D eigenvalue weighted by Gasteiger charge is 1.98. The molecule has 9 heavy (non-hydrogen) atoms. The molecule has 0 aromatic rings. The molecule has 0 unspecified atom stereocenters. The Hall–Kier alpha value is -1.01. The fourth-order valence-corrected chi connectivity index (χ4v) is 0.351. The monoisotopic (exact) mass is 126 g/mol. The van der Waals surface area contributed by atoms with Gasteiger partial charge in [0, 0.05) is 0 Å². The van der Waals surface area contributed by atoms with E-state index in [0.29, 0.717) is 6.42 Å². The third kappa shape index (κ3) is 3.56. The lowest BCUT2D eigenvalue weighted by Gasteiger charge is -1.94. The van der Waals surface area contributed by atoms with Gasteiger partial charge >= 0.3 is 5.97 Å². The van der Waals surface area contributed by atoms with Gasteiger partial charge in [0.05, 0.1) is 13.5 Å². The van der Waals surface area contributed by atoms with Gasteiger partial charge < -0.3 is 4.74 Å². The van der Waals surface area contributed by atoms with Crippen molar-refractivity contribution in [1.29, 1.82) is 0 Å². The maximum absolute atomic E-state index is 10.5. The van der Waals surface area contributed by atoms with Gasteiger partial charge in [-0.1, -0.05) is 6.58 Å². The summed E-state index contributed by atoms with van der Waals surface area (Å²) in [5.41, 5.74) is 3.40. The minimum absolute atomic E-state index is 0.247. The summed E-state index contributed by atoms with van der Waals surface area (Å²) >= 11 is 0. The number of rotatable bonds is 2. The van der Waals surface area contributed by atoms with Gasteiger partial charge in [0.15, 0.2) is 0 Å². The molecule has 2 heteroatoms. The fourth-order valence-electron chi connectivity index (χ4n) is 0.351. The highest BCUT2D eigenvalue weighted by atomic mass is 16.5. The molecule has 0 N–H and O–H groups in total. The van der Waals surface area contributed by atoms with Crippen molar-refractivity contribution < 1.29 is 9.53 Å². The van der Waals surface area contributed by atoms with Crippen LogP contribution < -0.4 is 0 Å². The molecule has 2 nitrogen and oxygen atoms in total. The summed E-state index contributed by atoms with van der Waals surface area (Å²) in [7, 11) is 1.36. The number of esters is 1. The molecule has 0 spiro atoms. The lowest BCUT2D eigenvalue weighted by atomic mass is 10.2. The van der Waals surface area contributed by atoms with Gasteiger partial charge in [-0.3, -0.25) is 4.79 Å². The SMILES string of the molecule is C=C=C(C)CC(=O)OC. The summed E-state index contributed by atoms with van der Waals surface area (Å²) in [6.45, 7) is 5.16. The summed E-state index contributed by atoms with van der Waals surface area (Å²) < 4.78 is 4.40. The van der Waals surface area contributed by atoms with Crippen molar-refractivity contribution in [1.82, 2.24) is 0 Å². The maximum atomic E-state index is 10.5. The molecule has 0 fully saturated rings. The first-order valence-electron chi connectivity index (χ1n) is 2.63. The minimum atomic E-state index is -0.247. The molecular formula is C7H10O2. The van der Waals surface area contributed by atoms with Gasteiger partial charge in [-0.05, 0) is 12.5 Å². The lowest BCUT2D eigenvalue weighted by molar-refractivity contribution is -0.139. The predicted molar refractivity (Wildman–Crippen MR) is 35.0 cm³/mol. The molecule has 0 bridgehead atoms. The Morgan fingerprint density at radius 1 is 1.78 bits per heavy atom. The van der Waals surface area contributed by atoms with E-state index >= 15 is 0 Å². The molecule has 0 heterocycles. The zero-order valence-corrected chi connectivity index (χ0v) is 5.73. The van der Waals surface area contributed by atoms with Crippen molar-refractivity contribution >= 4 is 5.97 Å². The van der Waals surface area contributed by atoms with Crippen LogP contribution in [0.3, 0.4) is 0 Å². The number of hydrogen-bond donors (Lipinski definition) is 0. The van der Waals surface area contributed by atoms with Crippen LogP contribution >= 0.6 is 0 Å². The van der Waals surface area contributed by atoms with Crippen molar-refractivity contribution in [3.05, 3.63) is 17.9 Å². The van der Waals surface area contributed by atoms with Crippen molar-refractivity contribution in [2.45, 2.75) is 13.3 Å². The number of hydrogen-bond acceptors (Lipinski definition) is 2. The molecule has 0 aliphatic heterocycles. The van der Waals surface area contributed by atoms with Crippen molar-refractivity contribution in [2.75, 3.05) is 7.11 Å². The average Bonchev–Trinajstić information content (AvgIpc) is 1.87. The average molecular weight is 126 g/mol. The Morgan fingerprint density at radius 2 is 2.33 bits per heavy atom. The highest BCUT2D eigenvalue weighted by Crippen LogP contribution is 1.96. The Balaban J connectivity index is 3.74. The third-order valence-electron chi connectivity index (χ3n) is 0.939. The molecule has 0 aromatic heterocycles. The normalized spacial score (nSPS) is 7.78. The van der Waals surface area contributed by atoms with Gasteiger partial charge in [0.2, 0.25) is 0 Å². The van der Waals surface area contributed by atoms with E-state index in [1.807, 2.05) is 0 Å². The first kappa shape index (κ1) is 7.99. The Labute approximate surface area is 54.8 Å². The second kappa shape index (κ2) is 3.93. The molecular weight excluding hydrogens is 116 g/mol. The second-order valence-corrected chi connectivity index (χ2v) is 1.71. The fraction of sp³-hybridized carbons (Fsp3) is 0.429. The van der Waals surface area contributed by atoms with E-state index in [2.05, 4.69) is 17.0 Å². The van der Waals surface area contributed by atoms with E-state index < -0.39 is 0 Å². The summed E-state index contributed by atoms with van der Waals surface area (Å²) in [4.78, 5) is 10.5. The molecule has 0 aliphatic carbocycles.